The maximum Gasteiger partial charge on any atom is 0.276 e. The summed E-state index contributed by atoms with van der Waals surface area (Å²) in [4.78, 5) is 24.9. The molecule has 0 aliphatic carbocycles. The third-order valence-electron chi connectivity index (χ3n) is 3.34. The average molecular weight is 294 g/mol. The van der Waals surface area contributed by atoms with E-state index in [2.05, 4.69) is 0 Å². The number of carbonyl (C=O) groups is 1. The Morgan fingerprint density at radius 1 is 1.24 bits per heavy atom. The quantitative estimate of drug-likeness (QED) is 0.617. The Kier molecular flexibility index (Phi) is 5.29. The van der Waals surface area contributed by atoms with Gasteiger partial charge in [0.15, 0.2) is 0 Å². The van der Waals surface area contributed by atoms with Crippen LogP contribution in [0.15, 0.2) is 12.1 Å². The first-order valence-corrected chi connectivity index (χ1v) is 6.86. The third kappa shape index (κ3) is 3.51. The van der Waals surface area contributed by atoms with Crippen molar-refractivity contribution >= 4 is 11.6 Å². The van der Waals surface area contributed by atoms with E-state index in [1.54, 1.807) is 17.9 Å². The summed E-state index contributed by atoms with van der Waals surface area (Å²) in [7, 11) is 1.43. The zero-order valence-electron chi connectivity index (χ0n) is 13.3. The molecule has 6 nitrogen and oxygen atoms in total. The van der Waals surface area contributed by atoms with Gasteiger partial charge in [0.1, 0.15) is 5.75 Å². The van der Waals surface area contributed by atoms with Gasteiger partial charge in [-0.1, -0.05) is 0 Å². The lowest BCUT2D eigenvalue weighted by molar-refractivity contribution is -0.385. The summed E-state index contributed by atoms with van der Waals surface area (Å²) in [6.45, 7) is 9.26. The second kappa shape index (κ2) is 6.56. The topological polar surface area (TPSA) is 72.7 Å². The van der Waals surface area contributed by atoms with Gasteiger partial charge in [-0.15, -0.1) is 0 Å². The fraction of sp³-hybridized carbons (Fsp3) is 0.533. The summed E-state index contributed by atoms with van der Waals surface area (Å²) in [6, 6.07) is 2.88. The normalized spacial score (nSPS) is 10.9. The molecule has 0 atom stereocenters. The van der Waals surface area contributed by atoms with Crippen molar-refractivity contribution in [1.29, 1.82) is 0 Å². The first kappa shape index (κ1) is 16.9. The van der Waals surface area contributed by atoms with Gasteiger partial charge < -0.3 is 9.64 Å². The highest BCUT2D eigenvalue weighted by atomic mass is 16.6. The second-order valence-electron chi connectivity index (χ2n) is 5.48. The van der Waals surface area contributed by atoms with Crippen molar-refractivity contribution in [3.63, 3.8) is 0 Å². The average Bonchev–Trinajstić information content (AvgIpc) is 2.37. The minimum Gasteiger partial charge on any atom is -0.496 e. The molecular formula is C15H22N2O4. The summed E-state index contributed by atoms with van der Waals surface area (Å²) in [5.41, 5.74) is 0.580. The van der Waals surface area contributed by atoms with Gasteiger partial charge in [0, 0.05) is 18.2 Å². The largest absolute Gasteiger partial charge is 0.496 e. The maximum absolute atomic E-state index is 12.6. The summed E-state index contributed by atoms with van der Waals surface area (Å²) in [5.74, 6) is 0.112. The molecule has 0 N–H and O–H groups in total. The smallest absolute Gasteiger partial charge is 0.276 e. The van der Waals surface area contributed by atoms with E-state index in [4.69, 9.17) is 4.74 Å². The van der Waals surface area contributed by atoms with Crippen molar-refractivity contribution in [2.24, 2.45) is 0 Å². The van der Waals surface area contributed by atoms with Crippen molar-refractivity contribution in [2.75, 3.05) is 7.11 Å². The van der Waals surface area contributed by atoms with Crippen LogP contribution in [0.1, 0.15) is 43.6 Å². The van der Waals surface area contributed by atoms with Crippen molar-refractivity contribution in [3.05, 3.63) is 33.4 Å². The van der Waals surface area contributed by atoms with Gasteiger partial charge in [-0.2, -0.15) is 0 Å². The lowest BCUT2D eigenvalue weighted by Gasteiger charge is -2.31. The molecule has 1 aromatic carbocycles. The Morgan fingerprint density at radius 3 is 2.14 bits per heavy atom. The SMILES string of the molecule is COc1cc(C(=O)N(C(C)C)C(C)C)cc([N+](=O)[O-])c1C. The zero-order valence-corrected chi connectivity index (χ0v) is 13.3. The first-order chi connectivity index (χ1) is 9.70. The molecule has 0 aliphatic heterocycles. The predicted octanol–water partition coefficient (Wildman–Crippen LogP) is 3.17. The summed E-state index contributed by atoms with van der Waals surface area (Å²) >= 11 is 0. The van der Waals surface area contributed by atoms with Gasteiger partial charge in [-0.25, -0.2) is 0 Å². The van der Waals surface area contributed by atoms with Crippen LogP contribution in [0.25, 0.3) is 0 Å². The van der Waals surface area contributed by atoms with Crippen LogP contribution in [0.2, 0.25) is 0 Å². The Morgan fingerprint density at radius 2 is 1.76 bits per heavy atom. The molecule has 116 valence electrons. The van der Waals surface area contributed by atoms with E-state index >= 15 is 0 Å². The first-order valence-electron chi connectivity index (χ1n) is 6.86. The molecule has 0 bridgehead atoms. The van der Waals surface area contributed by atoms with Gasteiger partial charge in [-0.05, 0) is 40.7 Å². The molecule has 1 rings (SSSR count). The molecule has 1 amide bonds. The van der Waals surface area contributed by atoms with Crippen LogP contribution in [-0.4, -0.2) is 34.9 Å². The van der Waals surface area contributed by atoms with Crippen LogP contribution in [0.3, 0.4) is 0 Å². The Hall–Kier alpha value is -2.11. The van der Waals surface area contributed by atoms with E-state index in [-0.39, 0.29) is 29.2 Å². The molecule has 0 spiro atoms. The van der Waals surface area contributed by atoms with Crippen molar-refractivity contribution < 1.29 is 14.5 Å². The number of ether oxygens (including phenoxy) is 1. The minimum atomic E-state index is -0.496. The molecular weight excluding hydrogens is 272 g/mol. The molecule has 1 aromatic rings. The number of nitro groups is 1. The van der Waals surface area contributed by atoms with Crippen LogP contribution in [0.4, 0.5) is 5.69 Å². The van der Waals surface area contributed by atoms with Gasteiger partial charge >= 0.3 is 0 Å². The van der Waals surface area contributed by atoms with E-state index in [9.17, 15) is 14.9 Å². The van der Waals surface area contributed by atoms with Crippen LogP contribution in [0, 0.1) is 17.0 Å². The van der Waals surface area contributed by atoms with Gasteiger partial charge in [0.2, 0.25) is 0 Å². The number of nitrogens with zero attached hydrogens (tertiary/aromatic N) is 2. The number of carbonyl (C=O) groups excluding carboxylic acids is 1. The highest BCUT2D eigenvalue weighted by molar-refractivity contribution is 5.96. The molecule has 0 saturated carbocycles. The highest BCUT2D eigenvalue weighted by Crippen LogP contribution is 2.30. The molecule has 0 aliphatic rings. The number of amides is 1. The van der Waals surface area contributed by atoms with Crippen molar-refractivity contribution in [2.45, 2.75) is 46.7 Å². The Balaban J connectivity index is 3.39. The molecule has 0 radical (unpaired) electrons. The fourth-order valence-electron chi connectivity index (χ4n) is 2.41. The van der Waals surface area contributed by atoms with Gasteiger partial charge in [0.05, 0.1) is 23.2 Å². The lowest BCUT2D eigenvalue weighted by Crippen LogP contribution is -2.42. The standard InChI is InChI=1S/C15H22N2O4/c1-9(2)16(10(3)4)15(18)12-7-13(17(19)20)11(5)14(8-12)21-6/h7-10H,1-6H3. The second-order valence-corrected chi connectivity index (χ2v) is 5.48. The third-order valence-corrected chi connectivity index (χ3v) is 3.34. The summed E-state index contributed by atoms with van der Waals surface area (Å²) in [5, 5.41) is 11.1. The number of nitro benzene ring substituents is 1. The van der Waals surface area contributed by atoms with Gasteiger partial charge in [-0.3, -0.25) is 14.9 Å². The summed E-state index contributed by atoms with van der Waals surface area (Å²) < 4.78 is 5.15. The molecule has 0 aromatic heterocycles. The molecule has 0 saturated heterocycles. The van der Waals surface area contributed by atoms with Crippen LogP contribution in [-0.2, 0) is 0 Å². The summed E-state index contributed by atoms with van der Waals surface area (Å²) in [6.07, 6.45) is 0. The minimum absolute atomic E-state index is 0.00357. The van der Waals surface area contributed by atoms with E-state index in [0.717, 1.165) is 0 Å². The van der Waals surface area contributed by atoms with Gasteiger partial charge in [0.25, 0.3) is 11.6 Å². The van der Waals surface area contributed by atoms with Crippen molar-refractivity contribution in [3.8, 4) is 5.75 Å². The fourth-order valence-corrected chi connectivity index (χ4v) is 2.41. The van der Waals surface area contributed by atoms with Crippen LogP contribution in [0.5, 0.6) is 5.75 Å². The molecule has 21 heavy (non-hydrogen) atoms. The monoisotopic (exact) mass is 294 g/mol. The van der Waals surface area contributed by atoms with Crippen LogP contribution < -0.4 is 4.74 Å². The highest BCUT2D eigenvalue weighted by Gasteiger charge is 2.25. The van der Waals surface area contributed by atoms with E-state index in [0.29, 0.717) is 11.3 Å². The lowest BCUT2D eigenvalue weighted by atomic mass is 10.1. The maximum atomic E-state index is 12.6. The number of benzene rings is 1. The van der Waals surface area contributed by atoms with E-state index < -0.39 is 4.92 Å². The molecule has 0 heterocycles. The number of hydrogen-bond donors (Lipinski definition) is 0. The number of methoxy groups -OCH3 is 1. The molecule has 6 heteroatoms. The Labute approximate surface area is 124 Å². The van der Waals surface area contributed by atoms with Crippen molar-refractivity contribution in [1.82, 2.24) is 4.90 Å². The molecule has 0 unspecified atom stereocenters. The van der Waals surface area contributed by atoms with E-state index in [1.807, 2.05) is 27.7 Å². The predicted molar refractivity (Wildman–Crippen MR) is 80.8 cm³/mol. The Bertz CT molecular complexity index is 545. The number of rotatable bonds is 5. The molecule has 0 fully saturated rings. The zero-order chi connectivity index (χ0) is 16.3. The number of hydrogen-bond acceptors (Lipinski definition) is 4. The van der Waals surface area contributed by atoms with E-state index in [1.165, 1.54) is 13.2 Å². The van der Waals surface area contributed by atoms with Crippen LogP contribution >= 0.6 is 0 Å².